The molecule has 0 aliphatic carbocycles. The van der Waals surface area contributed by atoms with E-state index in [2.05, 4.69) is 120 Å². The Hall–Kier alpha value is -4.77. The lowest BCUT2D eigenvalue weighted by Gasteiger charge is -2.28. The van der Waals surface area contributed by atoms with E-state index in [0.29, 0.717) is 10.1 Å². The quantitative estimate of drug-likeness (QED) is 0.203. The van der Waals surface area contributed by atoms with Gasteiger partial charge in [-0.3, -0.25) is 0 Å². The minimum Gasteiger partial charge on any atom is -0.308 e. The van der Waals surface area contributed by atoms with Crippen molar-refractivity contribution in [1.82, 2.24) is 0 Å². The van der Waals surface area contributed by atoms with Crippen molar-refractivity contribution >= 4 is 102 Å². The van der Waals surface area contributed by atoms with E-state index < -0.39 is 0 Å². The van der Waals surface area contributed by atoms with Crippen LogP contribution in [0.3, 0.4) is 0 Å². The smallest absolute Gasteiger partial charge is 0.150 e. The van der Waals surface area contributed by atoms with Gasteiger partial charge in [-0.15, -0.1) is 22.7 Å². The highest BCUT2D eigenvalue weighted by molar-refractivity contribution is 7.28. The highest BCUT2D eigenvalue weighted by Crippen LogP contribution is 2.53. The van der Waals surface area contributed by atoms with Crippen LogP contribution in [0.25, 0.3) is 61.9 Å². The Bertz CT molecular complexity index is 2420. The number of fused-ring (bicyclic) bond motifs is 8. The Morgan fingerprint density at radius 3 is 1.52 bits per heavy atom. The number of halogens is 1. The van der Waals surface area contributed by atoms with Gasteiger partial charge in [-0.25, -0.2) is 4.39 Å². The summed E-state index contributed by atoms with van der Waals surface area (Å²) in [6, 6.07) is 46.7. The van der Waals surface area contributed by atoms with Crippen LogP contribution in [0, 0.1) is 5.82 Å². The normalized spacial score (nSPS) is 11.9. The third-order valence-electron chi connectivity index (χ3n) is 8.27. The molecule has 42 heavy (non-hydrogen) atoms. The molecule has 1 nitrogen and oxygen atoms in total. The first-order valence-electron chi connectivity index (χ1n) is 14.0. The van der Waals surface area contributed by atoms with Crippen LogP contribution in [-0.4, -0.2) is 0 Å². The molecule has 0 aliphatic heterocycles. The minimum absolute atomic E-state index is 0.126. The summed E-state index contributed by atoms with van der Waals surface area (Å²) in [5, 5.41) is 8.44. The van der Waals surface area contributed by atoms with Crippen molar-refractivity contribution in [2.75, 3.05) is 4.90 Å². The maximum atomic E-state index is 16.7. The fraction of sp³-hybridized carbons (Fsp3) is 0. The van der Waals surface area contributed by atoms with Crippen LogP contribution < -0.4 is 4.90 Å². The van der Waals surface area contributed by atoms with Gasteiger partial charge in [0.05, 0.1) is 15.1 Å². The van der Waals surface area contributed by atoms with Crippen LogP contribution in [0.4, 0.5) is 21.5 Å². The Labute approximate surface area is 249 Å². The van der Waals surface area contributed by atoms with E-state index in [-0.39, 0.29) is 5.82 Å². The van der Waals surface area contributed by atoms with Crippen molar-refractivity contribution in [3.05, 3.63) is 139 Å². The van der Waals surface area contributed by atoms with Crippen LogP contribution in [0.1, 0.15) is 0 Å². The Balaban J connectivity index is 1.49. The van der Waals surface area contributed by atoms with Gasteiger partial charge in [-0.05, 0) is 57.9 Å². The van der Waals surface area contributed by atoms with E-state index >= 15 is 4.39 Å². The molecule has 198 valence electrons. The van der Waals surface area contributed by atoms with E-state index in [1.54, 1.807) is 22.7 Å². The molecule has 0 bridgehead atoms. The van der Waals surface area contributed by atoms with Crippen LogP contribution in [0.2, 0.25) is 0 Å². The van der Waals surface area contributed by atoms with Gasteiger partial charge in [-0.1, -0.05) is 97.1 Å². The molecule has 0 spiro atoms. The highest BCUT2D eigenvalue weighted by Gasteiger charge is 2.27. The van der Waals surface area contributed by atoms with Crippen molar-refractivity contribution in [3.8, 4) is 0 Å². The lowest BCUT2D eigenvalue weighted by molar-refractivity contribution is 0.654. The van der Waals surface area contributed by atoms with Crippen LogP contribution in [-0.2, 0) is 0 Å². The Morgan fingerprint density at radius 2 is 0.929 bits per heavy atom. The van der Waals surface area contributed by atoms with Gasteiger partial charge in [0.25, 0.3) is 0 Å². The molecule has 0 unspecified atom stereocenters. The summed E-state index contributed by atoms with van der Waals surface area (Å²) in [6.45, 7) is 0. The summed E-state index contributed by atoms with van der Waals surface area (Å²) in [7, 11) is 0. The molecule has 0 radical (unpaired) electrons. The molecule has 9 aromatic rings. The largest absolute Gasteiger partial charge is 0.308 e. The monoisotopic (exact) mass is 575 g/mol. The molecule has 0 atom stereocenters. The first-order valence-corrected chi connectivity index (χ1v) is 15.6. The zero-order chi connectivity index (χ0) is 27.8. The molecular formula is C38H22FNS2. The molecule has 0 fully saturated rings. The predicted octanol–water partition coefficient (Wildman–Crippen LogP) is 12.3. The van der Waals surface area contributed by atoms with Crippen molar-refractivity contribution in [1.29, 1.82) is 0 Å². The van der Waals surface area contributed by atoms with E-state index in [1.165, 1.54) is 21.5 Å². The minimum atomic E-state index is -0.126. The average Bonchev–Trinajstić information content (AvgIpc) is 3.62. The third-order valence-corrected chi connectivity index (χ3v) is 10.6. The second-order valence-corrected chi connectivity index (χ2v) is 12.8. The van der Waals surface area contributed by atoms with Crippen molar-refractivity contribution in [2.45, 2.75) is 0 Å². The van der Waals surface area contributed by atoms with Gasteiger partial charge in [-0.2, -0.15) is 0 Å². The van der Waals surface area contributed by atoms with E-state index in [1.807, 2.05) is 18.2 Å². The van der Waals surface area contributed by atoms with Gasteiger partial charge in [0, 0.05) is 42.3 Å². The summed E-state index contributed by atoms with van der Waals surface area (Å²) >= 11 is 3.22. The van der Waals surface area contributed by atoms with Gasteiger partial charge in [0.2, 0.25) is 0 Å². The lowest BCUT2D eigenvalue weighted by Crippen LogP contribution is -2.11. The Kier molecular flexibility index (Phi) is 5.19. The summed E-state index contributed by atoms with van der Waals surface area (Å²) < 4.78 is 20.6. The first kappa shape index (κ1) is 23.9. The maximum absolute atomic E-state index is 16.7. The summed E-state index contributed by atoms with van der Waals surface area (Å²) in [6.07, 6.45) is 0. The van der Waals surface area contributed by atoms with Crippen molar-refractivity contribution < 1.29 is 4.39 Å². The third kappa shape index (κ3) is 3.46. The molecule has 9 rings (SSSR count). The molecule has 0 saturated heterocycles. The SMILES string of the molecule is Fc1c2sc3ccccc3c2c(N(c2ccc3ccccc3c2)c2ccc3ccccc3c2)c2sc3ccccc3c12. The number of hydrogen-bond acceptors (Lipinski definition) is 3. The van der Waals surface area contributed by atoms with Crippen LogP contribution in [0.15, 0.2) is 133 Å². The fourth-order valence-corrected chi connectivity index (χ4v) is 8.73. The molecule has 4 heteroatoms. The van der Waals surface area contributed by atoms with Gasteiger partial charge < -0.3 is 4.90 Å². The van der Waals surface area contributed by atoms with Crippen molar-refractivity contribution in [2.24, 2.45) is 0 Å². The van der Waals surface area contributed by atoms with Gasteiger partial charge in [0.15, 0.2) is 0 Å². The standard InChI is InChI=1S/C38H22FNS2/c39-35-33-29-13-5-7-15-31(29)42-38(33)36(34-30-14-6-8-16-32(30)41-37(34)35)40(27-19-17-23-9-1-3-11-25(23)21-27)28-20-18-24-10-2-4-12-26(24)22-28/h1-22H. The average molecular weight is 576 g/mol. The number of benzene rings is 7. The first-order chi connectivity index (χ1) is 20.7. The summed E-state index contributed by atoms with van der Waals surface area (Å²) in [5.41, 5.74) is 3.13. The van der Waals surface area contributed by atoms with E-state index in [0.717, 1.165) is 47.3 Å². The maximum Gasteiger partial charge on any atom is 0.150 e. The van der Waals surface area contributed by atoms with E-state index in [9.17, 15) is 0 Å². The fourth-order valence-electron chi connectivity index (χ4n) is 6.34. The van der Waals surface area contributed by atoms with Gasteiger partial charge >= 0.3 is 0 Å². The lowest BCUT2D eigenvalue weighted by atomic mass is 10.0. The second-order valence-electron chi connectivity index (χ2n) is 10.7. The molecule has 2 aromatic heterocycles. The highest BCUT2D eigenvalue weighted by atomic mass is 32.1. The summed E-state index contributed by atoms with van der Waals surface area (Å²) in [4.78, 5) is 2.36. The number of thiophene rings is 2. The van der Waals surface area contributed by atoms with Crippen LogP contribution in [0.5, 0.6) is 0 Å². The summed E-state index contributed by atoms with van der Waals surface area (Å²) in [5.74, 6) is -0.126. The molecular weight excluding hydrogens is 554 g/mol. The molecule has 7 aromatic carbocycles. The van der Waals surface area contributed by atoms with Crippen LogP contribution >= 0.6 is 22.7 Å². The molecule has 0 saturated carbocycles. The van der Waals surface area contributed by atoms with E-state index in [4.69, 9.17) is 0 Å². The molecule has 0 N–H and O–H groups in total. The molecule has 0 amide bonds. The topological polar surface area (TPSA) is 3.24 Å². The Morgan fingerprint density at radius 1 is 0.452 bits per heavy atom. The zero-order valence-electron chi connectivity index (χ0n) is 22.3. The number of hydrogen-bond donors (Lipinski definition) is 0. The molecule has 0 aliphatic rings. The molecule has 2 heterocycles. The second kappa shape index (κ2) is 9.12. The van der Waals surface area contributed by atoms with Gasteiger partial charge in [0.1, 0.15) is 5.82 Å². The number of anilines is 3. The number of nitrogens with zero attached hydrogens (tertiary/aromatic N) is 1. The van der Waals surface area contributed by atoms with Crippen molar-refractivity contribution in [3.63, 3.8) is 0 Å². The number of rotatable bonds is 3. The zero-order valence-corrected chi connectivity index (χ0v) is 24.0. The predicted molar refractivity (Wildman–Crippen MR) is 182 cm³/mol.